The second kappa shape index (κ2) is 2.74. The lowest BCUT2D eigenvalue weighted by Crippen LogP contribution is -1.69. The second-order valence-corrected chi connectivity index (χ2v) is 7.54. The third kappa shape index (κ3) is 4.52. The summed E-state index contributed by atoms with van der Waals surface area (Å²) in [5.74, 6) is 0. The number of hydrogen-bond donors (Lipinski definition) is 0. The summed E-state index contributed by atoms with van der Waals surface area (Å²) in [4.78, 5) is 0. The maximum atomic E-state index is 2.31. The number of rotatable bonds is 0. The van der Waals surface area contributed by atoms with E-state index in [4.69, 9.17) is 0 Å². The summed E-state index contributed by atoms with van der Waals surface area (Å²) in [5.41, 5.74) is 0. The van der Waals surface area contributed by atoms with Crippen LogP contribution >= 0.6 is 7.72 Å². The van der Waals surface area contributed by atoms with Crippen molar-refractivity contribution < 1.29 is 0 Å². The molecule has 0 heterocycles. The predicted octanol–water partition coefficient (Wildman–Crippen LogP) is 1.81. The Morgan fingerprint density at radius 3 is 1.60 bits per heavy atom. The van der Waals surface area contributed by atoms with Crippen molar-refractivity contribution in [3.63, 3.8) is 0 Å². The molecule has 0 aliphatic rings. The molecule has 0 rings (SSSR count). The van der Waals surface area contributed by atoms with Crippen LogP contribution in [0.1, 0.15) is 0 Å². The third-order valence-corrected chi connectivity index (χ3v) is 4.02. The van der Waals surface area contributed by atoms with Gasteiger partial charge in [-0.25, -0.2) is 0 Å². The molecule has 0 aromatic carbocycles. The molecule has 0 saturated carbocycles. The maximum Gasteiger partial charge on any atom is 0.0345 e. The molecule has 0 spiro atoms. The molecule has 0 unspecified atom stereocenters. The van der Waals surface area contributed by atoms with Gasteiger partial charge in [0.05, 0.1) is 0 Å². The van der Waals surface area contributed by atoms with E-state index in [-0.39, 0.29) is 8.05 Å². The third-order valence-electron chi connectivity index (χ3n) is 0.447. The molecule has 5 heavy (non-hydrogen) atoms. The Labute approximate surface area is 36.4 Å². The molecular formula is C3H9PSi. The lowest BCUT2D eigenvalue weighted by Gasteiger charge is -1.70. The maximum absolute atomic E-state index is 2.31. The molecule has 2 heteroatoms. The minimum Gasteiger partial charge on any atom is -0.140 e. The minimum absolute atomic E-state index is 0.0983. The van der Waals surface area contributed by atoms with Crippen LogP contribution in [0.25, 0.3) is 0 Å². The Morgan fingerprint density at radius 1 is 1.40 bits per heavy atom. The van der Waals surface area contributed by atoms with Crippen LogP contribution in [0.5, 0.6) is 0 Å². The van der Waals surface area contributed by atoms with Gasteiger partial charge in [-0.2, -0.15) is 0 Å². The van der Waals surface area contributed by atoms with Crippen molar-refractivity contribution in [2.45, 2.75) is 13.1 Å². The van der Waals surface area contributed by atoms with E-state index in [2.05, 4.69) is 19.8 Å². The van der Waals surface area contributed by atoms with Gasteiger partial charge >= 0.3 is 0 Å². The zero-order valence-corrected chi connectivity index (χ0v) is 5.84. The summed E-state index contributed by atoms with van der Waals surface area (Å²) in [7, 11) is 1.70. The van der Waals surface area contributed by atoms with Gasteiger partial charge in [-0.1, -0.05) is 13.1 Å². The Morgan fingerprint density at radius 2 is 1.60 bits per heavy atom. The molecule has 0 aromatic heterocycles. The number of hydrogen-bond acceptors (Lipinski definition) is 0. The molecule has 30 valence electrons. The SMILES string of the molecule is CP=[Si](C)C. The molecule has 0 atom stereocenters. The van der Waals surface area contributed by atoms with Gasteiger partial charge in [-0.3, -0.25) is 0 Å². The molecule has 0 radical (unpaired) electrons. The van der Waals surface area contributed by atoms with E-state index in [1.54, 1.807) is 7.72 Å². The first kappa shape index (κ1) is 5.52. The van der Waals surface area contributed by atoms with Crippen molar-refractivity contribution in [2.75, 3.05) is 6.66 Å². The second-order valence-electron chi connectivity index (χ2n) is 1.17. The van der Waals surface area contributed by atoms with Crippen molar-refractivity contribution in [3.8, 4) is 0 Å². The Hall–Kier alpha value is 0.517. The van der Waals surface area contributed by atoms with E-state index in [9.17, 15) is 0 Å². The fraction of sp³-hybridized carbons (Fsp3) is 1.00. The minimum atomic E-state index is 0.0983. The Balaban J connectivity index is 3.14. The smallest absolute Gasteiger partial charge is 0.0345 e. The van der Waals surface area contributed by atoms with Gasteiger partial charge in [0.15, 0.2) is 0 Å². The highest BCUT2D eigenvalue weighted by atomic mass is 31.2. The fourth-order valence-corrected chi connectivity index (χ4v) is 0. The first-order valence-corrected chi connectivity index (χ1v) is 6.35. The van der Waals surface area contributed by atoms with Gasteiger partial charge in [0.1, 0.15) is 0 Å². The molecule has 0 N–H and O–H groups in total. The standard InChI is InChI=1S/C3H9PSi/c1-4-5(2)3/h1-3H3. The lowest BCUT2D eigenvalue weighted by atomic mass is 11.9. The molecule has 0 amide bonds. The van der Waals surface area contributed by atoms with Crippen molar-refractivity contribution >= 4 is 15.8 Å². The van der Waals surface area contributed by atoms with Crippen LogP contribution < -0.4 is 0 Å². The monoisotopic (exact) mass is 104 g/mol. The van der Waals surface area contributed by atoms with Gasteiger partial charge in [0, 0.05) is 8.05 Å². The van der Waals surface area contributed by atoms with Crippen molar-refractivity contribution in [1.82, 2.24) is 0 Å². The zero-order valence-electron chi connectivity index (χ0n) is 3.95. The Kier molecular flexibility index (Phi) is 3.02. The van der Waals surface area contributed by atoms with Crippen LogP contribution in [0.3, 0.4) is 0 Å². The van der Waals surface area contributed by atoms with Gasteiger partial charge in [-0.15, -0.1) is 7.72 Å². The lowest BCUT2D eigenvalue weighted by molar-refractivity contribution is 2.12. The van der Waals surface area contributed by atoms with Crippen LogP contribution in [0.2, 0.25) is 13.1 Å². The van der Waals surface area contributed by atoms with Gasteiger partial charge in [0.2, 0.25) is 0 Å². The summed E-state index contributed by atoms with van der Waals surface area (Å²) < 4.78 is 0. The molecular weight excluding hydrogens is 95.1 g/mol. The van der Waals surface area contributed by atoms with Crippen molar-refractivity contribution in [3.05, 3.63) is 0 Å². The molecule has 0 aliphatic carbocycles. The normalized spacial score (nSPS) is 8.60. The zero-order chi connectivity index (χ0) is 4.28. The first-order chi connectivity index (χ1) is 2.27. The molecule has 0 saturated heterocycles. The average Bonchev–Trinajstić information content (AvgIpc) is 1.38. The van der Waals surface area contributed by atoms with Crippen molar-refractivity contribution in [1.29, 1.82) is 0 Å². The molecule has 0 aromatic rings. The van der Waals surface area contributed by atoms with Crippen LogP contribution in [0, 0.1) is 0 Å². The van der Waals surface area contributed by atoms with Crippen LogP contribution in [0.15, 0.2) is 0 Å². The van der Waals surface area contributed by atoms with E-state index in [0.717, 1.165) is 0 Å². The van der Waals surface area contributed by atoms with Gasteiger partial charge in [-0.05, 0) is 6.66 Å². The molecule has 0 fully saturated rings. The molecule has 0 bridgehead atoms. The summed E-state index contributed by atoms with van der Waals surface area (Å²) >= 11 is 0. The van der Waals surface area contributed by atoms with E-state index < -0.39 is 0 Å². The van der Waals surface area contributed by atoms with Gasteiger partial charge < -0.3 is 0 Å². The highest BCUT2D eigenvalue weighted by Gasteiger charge is 1.64. The summed E-state index contributed by atoms with van der Waals surface area (Å²) in [6.45, 7) is 6.84. The quantitative estimate of drug-likeness (QED) is 0.325. The van der Waals surface area contributed by atoms with Crippen LogP contribution in [-0.4, -0.2) is 14.7 Å². The molecule has 0 nitrogen and oxygen atoms in total. The summed E-state index contributed by atoms with van der Waals surface area (Å²) in [5, 5.41) is 0. The van der Waals surface area contributed by atoms with Crippen LogP contribution in [0.4, 0.5) is 0 Å². The van der Waals surface area contributed by atoms with E-state index in [0.29, 0.717) is 0 Å². The summed E-state index contributed by atoms with van der Waals surface area (Å²) in [6, 6.07) is 0. The topological polar surface area (TPSA) is 0 Å². The van der Waals surface area contributed by atoms with E-state index in [1.807, 2.05) is 0 Å². The average molecular weight is 104 g/mol. The highest BCUT2D eigenvalue weighted by molar-refractivity contribution is 7.51. The van der Waals surface area contributed by atoms with Crippen LogP contribution in [-0.2, 0) is 0 Å². The first-order valence-electron chi connectivity index (χ1n) is 1.67. The highest BCUT2D eigenvalue weighted by Crippen LogP contribution is 1.85. The summed E-state index contributed by atoms with van der Waals surface area (Å²) in [6.07, 6.45) is 0. The Bertz CT molecular complexity index is 44.9. The fourth-order valence-electron chi connectivity index (χ4n) is 0. The predicted molar refractivity (Wildman–Crippen MR) is 30.3 cm³/mol. The largest absolute Gasteiger partial charge is 0.140 e. The molecule has 0 aliphatic heterocycles. The van der Waals surface area contributed by atoms with E-state index in [1.165, 1.54) is 0 Å². The van der Waals surface area contributed by atoms with E-state index >= 15 is 0 Å². The van der Waals surface area contributed by atoms with Crippen molar-refractivity contribution in [2.24, 2.45) is 0 Å². The van der Waals surface area contributed by atoms with Gasteiger partial charge in [0.25, 0.3) is 0 Å².